The molecule has 0 saturated carbocycles. The highest BCUT2D eigenvalue weighted by Crippen LogP contribution is 2.24. The van der Waals surface area contributed by atoms with Gasteiger partial charge in [0.15, 0.2) is 0 Å². The van der Waals surface area contributed by atoms with Crippen LogP contribution in [-0.2, 0) is 0 Å². The Morgan fingerprint density at radius 1 is 1.48 bits per heavy atom. The Hall–Kier alpha value is -1.11. The van der Waals surface area contributed by atoms with E-state index < -0.39 is 0 Å². The molecule has 6 heteroatoms. The molecule has 1 aliphatic rings. The summed E-state index contributed by atoms with van der Waals surface area (Å²) >= 11 is 3.41. The maximum Gasteiger partial charge on any atom is 0.255 e. The van der Waals surface area contributed by atoms with E-state index in [0.717, 1.165) is 30.4 Å². The minimum atomic E-state index is -0.0715. The third-order valence-electron chi connectivity index (χ3n) is 3.95. The van der Waals surface area contributed by atoms with Crippen LogP contribution in [0.5, 0.6) is 0 Å². The Bertz CT molecular complexity index is 502. The standard InChI is InChI=1S/C15H22BrN3O2/c1-18-6-4-12(5-7-18)19(8-9-20)15(21)13-10-11(17)2-3-14(13)16/h2-3,10,12,20H,4-9,17H2,1H3. The van der Waals surface area contributed by atoms with Crippen molar-refractivity contribution >= 4 is 27.5 Å². The molecule has 2 rings (SSSR count). The molecule has 1 aromatic carbocycles. The van der Waals surface area contributed by atoms with Crippen molar-refractivity contribution in [1.29, 1.82) is 0 Å². The molecular formula is C15H22BrN3O2. The second-order valence-corrected chi connectivity index (χ2v) is 6.35. The van der Waals surface area contributed by atoms with E-state index in [-0.39, 0.29) is 18.6 Å². The number of benzene rings is 1. The van der Waals surface area contributed by atoms with Crippen molar-refractivity contribution in [2.24, 2.45) is 0 Å². The molecule has 0 aromatic heterocycles. The number of aliphatic hydroxyl groups is 1. The van der Waals surface area contributed by atoms with Crippen molar-refractivity contribution in [3.05, 3.63) is 28.2 Å². The summed E-state index contributed by atoms with van der Waals surface area (Å²) in [6.07, 6.45) is 1.87. The van der Waals surface area contributed by atoms with Gasteiger partial charge < -0.3 is 20.6 Å². The number of hydrogen-bond acceptors (Lipinski definition) is 4. The number of nitrogens with two attached hydrogens (primary N) is 1. The molecule has 5 nitrogen and oxygen atoms in total. The molecular weight excluding hydrogens is 334 g/mol. The Kier molecular flexibility index (Phi) is 5.61. The van der Waals surface area contributed by atoms with Crippen molar-refractivity contribution in [2.45, 2.75) is 18.9 Å². The monoisotopic (exact) mass is 355 g/mol. The molecule has 1 heterocycles. The molecule has 3 N–H and O–H groups in total. The first-order valence-corrected chi connectivity index (χ1v) is 7.97. The van der Waals surface area contributed by atoms with Crippen LogP contribution >= 0.6 is 15.9 Å². The number of carbonyl (C=O) groups excluding carboxylic acids is 1. The lowest BCUT2D eigenvalue weighted by Gasteiger charge is -2.37. The highest BCUT2D eigenvalue weighted by atomic mass is 79.9. The average Bonchev–Trinajstić information content (AvgIpc) is 2.48. The maximum atomic E-state index is 12.8. The van der Waals surface area contributed by atoms with Crippen LogP contribution in [0.25, 0.3) is 0 Å². The summed E-state index contributed by atoms with van der Waals surface area (Å²) in [4.78, 5) is 16.8. The molecule has 1 aliphatic heterocycles. The zero-order valence-electron chi connectivity index (χ0n) is 12.3. The summed E-state index contributed by atoms with van der Waals surface area (Å²) < 4.78 is 0.734. The van der Waals surface area contributed by atoms with E-state index in [1.807, 2.05) is 0 Å². The van der Waals surface area contributed by atoms with E-state index in [1.165, 1.54) is 0 Å². The highest BCUT2D eigenvalue weighted by molar-refractivity contribution is 9.10. The third-order valence-corrected chi connectivity index (χ3v) is 4.64. The quantitative estimate of drug-likeness (QED) is 0.804. The summed E-state index contributed by atoms with van der Waals surface area (Å²) in [6.45, 7) is 2.27. The zero-order valence-corrected chi connectivity index (χ0v) is 13.8. The predicted octanol–water partition coefficient (Wildman–Crippen LogP) is 1.56. The van der Waals surface area contributed by atoms with Crippen LogP contribution in [-0.4, -0.2) is 60.1 Å². The number of piperidine rings is 1. The van der Waals surface area contributed by atoms with Crippen LogP contribution in [0.1, 0.15) is 23.2 Å². The largest absolute Gasteiger partial charge is 0.399 e. The third kappa shape index (κ3) is 3.96. The highest BCUT2D eigenvalue weighted by Gasteiger charge is 2.28. The number of rotatable bonds is 4. The molecule has 0 spiro atoms. The number of nitrogen functional groups attached to an aromatic ring is 1. The summed E-state index contributed by atoms with van der Waals surface area (Å²) in [5.74, 6) is -0.0715. The summed E-state index contributed by atoms with van der Waals surface area (Å²) in [5.41, 5.74) is 6.91. The lowest BCUT2D eigenvalue weighted by atomic mass is 10.0. The number of hydrogen-bond donors (Lipinski definition) is 2. The summed E-state index contributed by atoms with van der Waals surface area (Å²) in [6, 6.07) is 5.40. The molecule has 1 aromatic rings. The Balaban J connectivity index is 2.20. The topological polar surface area (TPSA) is 69.8 Å². The Labute approximate surface area is 133 Å². The Morgan fingerprint density at radius 3 is 2.76 bits per heavy atom. The molecule has 1 saturated heterocycles. The van der Waals surface area contributed by atoms with Crippen LogP contribution in [0.15, 0.2) is 22.7 Å². The summed E-state index contributed by atoms with van der Waals surface area (Å²) in [5, 5.41) is 9.30. The molecule has 1 amide bonds. The molecule has 0 unspecified atom stereocenters. The van der Waals surface area contributed by atoms with Crippen LogP contribution in [0.3, 0.4) is 0 Å². The minimum absolute atomic E-state index is 0.0297. The summed E-state index contributed by atoms with van der Waals surface area (Å²) in [7, 11) is 2.09. The van der Waals surface area contributed by atoms with Gasteiger partial charge in [0.05, 0.1) is 12.2 Å². The van der Waals surface area contributed by atoms with Gasteiger partial charge in [0.2, 0.25) is 0 Å². The van der Waals surface area contributed by atoms with Gasteiger partial charge in [0.25, 0.3) is 5.91 Å². The fourth-order valence-corrected chi connectivity index (χ4v) is 3.14. The molecule has 0 radical (unpaired) electrons. The van der Waals surface area contributed by atoms with Crippen molar-refractivity contribution in [3.8, 4) is 0 Å². The van der Waals surface area contributed by atoms with Crippen LogP contribution in [0.4, 0.5) is 5.69 Å². The average molecular weight is 356 g/mol. The van der Waals surface area contributed by atoms with Gasteiger partial charge in [-0.25, -0.2) is 0 Å². The van der Waals surface area contributed by atoms with Crippen molar-refractivity contribution < 1.29 is 9.90 Å². The van der Waals surface area contributed by atoms with E-state index in [9.17, 15) is 9.90 Å². The fourth-order valence-electron chi connectivity index (χ4n) is 2.73. The number of amides is 1. The molecule has 1 fully saturated rings. The second-order valence-electron chi connectivity index (χ2n) is 5.50. The number of likely N-dealkylation sites (tertiary alicyclic amines) is 1. The van der Waals surface area contributed by atoms with Gasteiger partial charge in [0.1, 0.15) is 0 Å². The van der Waals surface area contributed by atoms with E-state index in [2.05, 4.69) is 27.9 Å². The molecule has 0 aliphatic carbocycles. The second kappa shape index (κ2) is 7.24. The van der Waals surface area contributed by atoms with Gasteiger partial charge in [-0.2, -0.15) is 0 Å². The SMILES string of the molecule is CN1CCC(N(CCO)C(=O)c2cc(N)ccc2Br)CC1. The molecule has 0 bridgehead atoms. The number of aliphatic hydroxyl groups excluding tert-OH is 1. The van der Waals surface area contributed by atoms with Crippen molar-refractivity contribution in [1.82, 2.24) is 9.80 Å². The lowest BCUT2D eigenvalue weighted by molar-refractivity contribution is 0.0539. The van der Waals surface area contributed by atoms with Crippen molar-refractivity contribution in [2.75, 3.05) is 39.0 Å². The van der Waals surface area contributed by atoms with Crippen LogP contribution in [0, 0.1) is 0 Å². The first kappa shape index (κ1) is 16.3. The maximum absolute atomic E-state index is 12.8. The molecule has 116 valence electrons. The van der Waals surface area contributed by atoms with Gasteiger partial charge in [-0.15, -0.1) is 0 Å². The van der Waals surface area contributed by atoms with E-state index in [0.29, 0.717) is 17.8 Å². The van der Waals surface area contributed by atoms with Gasteiger partial charge in [-0.3, -0.25) is 4.79 Å². The Morgan fingerprint density at radius 2 is 2.14 bits per heavy atom. The lowest BCUT2D eigenvalue weighted by Crippen LogP contribution is -2.47. The molecule has 0 atom stereocenters. The zero-order chi connectivity index (χ0) is 15.4. The number of carbonyl (C=O) groups is 1. The van der Waals surface area contributed by atoms with Gasteiger partial charge in [-0.05, 0) is 67.1 Å². The number of anilines is 1. The van der Waals surface area contributed by atoms with E-state index in [1.54, 1.807) is 23.1 Å². The fraction of sp³-hybridized carbons (Fsp3) is 0.533. The van der Waals surface area contributed by atoms with Crippen LogP contribution in [0.2, 0.25) is 0 Å². The van der Waals surface area contributed by atoms with Gasteiger partial charge in [-0.1, -0.05) is 0 Å². The minimum Gasteiger partial charge on any atom is -0.399 e. The van der Waals surface area contributed by atoms with Crippen molar-refractivity contribution in [3.63, 3.8) is 0 Å². The van der Waals surface area contributed by atoms with E-state index >= 15 is 0 Å². The number of nitrogens with zero attached hydrogens (tertiary/aromatic N) is 2. The van der Waals surface area contributed by atoms with Gasteiger partial charge >= 0.3 is 0 Å². The van der Waals surface area contributed by atoms with Gasteiger partial charge in [0, 0.05) is 22.7 Å². The van der Waals surface area contributed by atoms with E-state index in [4.69, 9.17) is 5.73 Å². The first-order chi connectivity index (χ1) is 10.0. The predicted molar refractivity (Wildman–Crippen MR) is 87.2 cm³/mol. The van der Waals surface area contributed by atoms with Crippen LogP contribution < -0.4 is 5.73 Å². The normalized spacial score (nSPS) is 16.9. The number of halogens is 1. The molecule has 21 heavy (non-hydrogen) atoms. The smallest absolute Gasteiger partial charge is 0.255 e. The first-order valence-electron chi connectivity index (χ1n) is 7.18.